The maximum absolute atomic E-state index is 12.9. The van der Waals surface area contributed by atoms with Gasteiger partial charge in [-0.25, -0.2) is 12.7 Å². The van der Waals surface area contributed by atoms with Crippen molar-refractivity contribution in [3.05, 3.63) is 59.8 Å². The van der Waals surface area contributed by atoms with Crippen LogP contribution < -0.4 is 10.2 Å². The van der Waals surface area contributed by atoms with Gasteiger partial charge in [-0.1, -0.05) is 12.1 Å². The van der Waals surface area contributed by atoms with Gasteiger partial charge in [0.15, 0.2) is 0 Å². The van der Waals surface area contributed by atoms with Crippen LogP contribution in [0, 0.1) is 0 Å². The second-order valence-electron chi connectivity index (χ2n) is 7.53. The predicted molar refractivity (Wildman–Crippen MR) is 120 cm³/mol. The van der Waals surface area contributed by atoms with Crippen LogP contribution in [-0.2, 0) is 23.1 Å². The topological polar surface area (TPSA) is 74.6 Å². The number of hydrogen-bond acceptors (Lipinski definition) is 4. The minimum Gasteiger partial charge on any atom is -0.378 e. The van der Waals surface area contributed by atoms with Crippen LogP contribution in [-0.4, -0.2) is 51.4 Å². The number of nitrogens with one attached hydrogen (secondary N) is 1. The highest BCUT2D eigenvalue weighted by molar-refractivity contribution is 7.89. The summed E-state index contributed by atoms with van der Waals surface area (Å²) >= 11 is 0. The zero-order valence-electron chi connectivity index (χ0n) is 18.0. The number of carbonyl (C=O) groups is 1. The number of nitrogens with zero attached hydrogens (tertiary/aromatic N) is 3. The van der Waals surface area contributed by atoms with Gasteiger partial charge in [-0.15, -0.1) is 0 Å². The Balaban J connectivity index is 1.86. The lowest BCUT2D eigenvalue weighted by molar-refractivity contribution is 0.0942. The number of sulfonamides is 1. The fraction of sp³-hybridized carbons (Fsp3) is 0.318. The lowest BCUT2D eigenvalue weighted by atomic mass is 10.2. The van der Waals surface area contributed by atoms with Gasteiger partial charge < -0.3 is 14.8 Å². The summed E-state index contributed by atoms with van der Waals surface area (Å²) in [5.41, 5.74) is 3.44. The van der Waals surface area contributed by atoms with Crippen LogP contribution in [0.5, 0.6) is 0 Å². The molecule has 2 aromatic carbocycles. The van der Waals surface area contributed by atoms with Crippen molar-refractivity contribution >= 4 is 32.5 Å². The summed E-state index contributed by atoms with van der Waals surface area (Å²) in [6, 6.07) is 14.7. The molecule has 0 saturated heterocycles. The Hall–Kier alpha value is -2.84. The van der Waals surface area contributed by atoms with Crippen molar-refractivity contribution in [1.82, 2.24) is 14.2 Å². The molecule has 0 radical (unpaired) electrons. The van der Waals surface area contributed by atoms with Crippen molar-refractivity contribution in [2.75, 3.05) is 33.1 Å². The molecule has 8 heteroatoms. The summed E-state index contributed by atoms with van der Waals surface area (Å²) in [6.07, 6.45) is 0. The third kappa shape index (κ3) is 4.20. The van der Waals surface area contributed by atoms with Crippen molar-refractivity contribution in [3.63, 3.8) is 0 Å². The summed E-state index contributed by atoms with van der Waals surface area (Å²) in [6.45, 7) is 2.97. The second-order valence-corrected chi connectivity index (χ2v) is 9.68. The zero-order chi connectivity index (χ0) is 22.1. The number of benzene rings is 2. The van der Waals surface area contributed by atoms with Crippen LogP contribution in [0.4, 0.5) is 5.69 Å². The Labute approximate surface area is 178 Å². The first-order valence-corrected chi connectivity index (χ1v) is 11.2. The van der Waals surface area contributed by atoms with Crippen LogP contribution in [0.3, 0.4) is 0 Å². The van der Waals surface area contributed by atoms with Crippen LogP contribution in [0.2, 0.25) is 0 Å². The molecule has 1 amide bonds. The van der Waals surface area contributed by atoms with E-state index < -0.39 is 10.0 Å². The number of amides is 1. The van der Waals surface area contributed by atoms with E-state index in [2.05, 4.69) is 5.32 Å². The summed E-state index contributed by atoms with van der Waals surface area (Å²) in [4.78, 5) is 15.1. The van der Waals surface area contributed by atoms with Gasteiger partial charge in [0.25, 0.3) is 5.91 Å². The Bertz CT molecular complexity index is 1160. The maximum Gasteiger partial charge on any atom is 0.268 e. The molecule has 3 aromatic rings. The van der Waals surface area contributed by atoms with Crippen LogP contribution in [0.1, 0.15) is 23.0 Å². The highest BCUT2D eigenvalue weighted by Gasteiger charge is 2.20. The molecule has 0 bridgehead atoms. The van der Waals surface area contributed by atoms with E-state index in [-0.39, 0.29) is 10.8 Å². The van der Waals surface area contributed by atoms with Gasteiger partial charge in [-0.05, 0) is 48.9 Å². The SMILES string of the molecule is CCn1c(C(=O)NCc2ccc(N(C)C)cc2)cc2cc(S(=O)(=O)N(C)C)ccc21. The van der Waals surface area contributed by atoms with Gasteiger partial charge in [-0.3, -0.25) is 4.79 Å². The molecule has 0 saturated carbocycles. The lowest BCUT2D eigenvalue weighted by Crippen LogP contribution is -2.25. The van der Waals surface area contributed by atoms with E-state index in [9.17, 15) is 13.2 Å². The molecule has 0 fully saturated rings. The van der Waals surface area contributed by atoms with Gasteiger partial charge in [0.1, 0.15) is 5.69 Å². The summed E-state index contributed by atoms with van der Waals surface area (Å²) < 4.78 is 27.9. The molecule has 30 heavy (non-hydrogen) atoms. The predicted octanol–water partition coefficient (Wildman–Crippen LogP) is 2.91. The molecular formula is C22H28N4O3S. The fourth-order valence-electron chi connectivity index (χ4n) is 3.33. The Kier molecular flexibility index (Phi) is 6.19. The minimum atomic E-state index is -3.53. The summed E-state index contributed by atoms with van der Waals surface area (Å²) in [5.74, 6) is -0.193. The lowest BCUT2D eigenvalue weighted by Gasteiger charge is -2.13. The third-order valence-electron chi connectivity index (χ3n) is 5.11. The van der Waals surface area contributed by atoms with Gasteiger partial charge in [0, 0.05) is 57.9 Å². The molecule has 0 aliphatic rings. The molecule has 0 unspecified atom stereocenters. The number of rotatable bonds is 7. The molecule has 1 N–H and O–H groups in total. The highest BCUT2D eigenvalue weighted by atomic mass is 32.2. The number of hydrogen-bond donors (Lipinski definition) is 1. The molecule has 0 spiro atoms. The normalized spacial score (nSPS) is 11.8. The molecule has 0 aliphatic carbocycles. The van der Waals surface area contributed by atoms with Crippen molar-refractivity contribution < 1.29 is 13.2 Å². The monoisotopic (exact) mass is 428 g/mol. The third-order valence-corrected chi connectivity index (χ3v) is 6.92. The van der Waals surface area contributed by atoms with Gasteiger partial charge in [0.2, 0.25) is 10.0 Å². The molecule has 7 nitrogen and oxygen atoms in total. The molecule has 0 aliphatic heterocycles. The van der Waals surface area contributed by atoms with E-state index >= 15 is 0 Å². The second kappa shape index (κ2) is 8.49. The Morgan fingerprint density at radius 1 is 1.00 bits per heavy atom. The average molecular weight is 429 g/mol. The van der Waals surface area contributed by atoms with Crippen molar-refractivity contribution in [1.29, 1.82) is 0 Å². The first-order valence-electron chi connectivity index (χ1n) is 9.75. The average Bonchev–Trinajstić information content (AvgIpc) is 3.10. The van der Waals surface area contributed by atoms with E-state index in [1.165, 1.54) is 18.4 Å². The van der Waals surface area contributed by atoms with Gasteiger partial charge >= 0.3 is 0 Å². The van der Waals surface area contributed by atoms with Crippen LogP contribution in [0.15, 0.2) is 53.4 Å². The van der Waals surface area contributed by atoms with Gasteiger partial charge in [-0.2, -0.15) is 0 Å². The van der Waals surface area contributed by atoms with E-state index in [0.29, 0.717) is 18.8 Å². The molecule has 1 heterocycles. The first kappa shape index (κ1) is 21.9. The summed E-state index contributed by atoms with van der Waals surface area (Å²) in [5, 5.41) is 3.69. The summed E-state index contributed by atoms with van der Waals surface area (Å²) in [7, 11) is 3.43. The van der Waals surface area contributed by atoms with Crippen LogP contribution >= 0.6 is 0 Å². The number of carbonyl (C=O) groups excluding carboxylic acids is 1. The largest absolute Gasteiger partial charge is 0.378 e. The minimum absolute atomic E-state index is 0.193. The molecule has 1 aromatic heterocycles. The smallest absolute Gasteiger partial charge is 0.268 e. The number of aromatic nitrogens is 1. The highest BCUT2D eigenvalue weighted by Crippen LogP contribution is 2.25. The number of fused-ring (bicyclic) bond motifs is 1. The Morgan fingerprint density at radius 2 is 1.67 bits per heavy atom. The van der Waals surface area contributed by atoms with E-state index in [1.807, 2.05) is 54.8 Å². The zero-order valence-corrected chi connectivity index (χ0v) is 18.8. The van der Waals surface area contributed by atoms with Crippen molar-refractivity contribution in [2.24, 2.45) is 0 Å². The maximum atomic E-state index is 12.9. The number of anilines is 1. The molecule has 160 valence electrons. The van der Waals surface area contributed by atoms with Crippen LogP contribution in [0.25, 0.3) is 10.9 Å². The van der Waals surface area contributed by atoms with Crippen molar-refractivity contribution in [2.45, 2.75) is 24.9 Å². The molecule has 0 atom stereocenters. The Morgan fingerprint density at radius 3 is 2.23 bits per heavy atom. The fourth-order valence-corrected chi connectivity index (χ4v) is 4.27. The van der Waals surface area contributed by atoms with E-state index in [0.717, 1.165) is 22.2 Å². The molecular weight excluding hydrogens is 400 g/mol. The standard InChI is InChI=1S/C22H28N4O3S/c1-6-26-20-12-11-19(30(28,29)25(4)5)13-17(20)14-21(26)22(27)23-15-16-7-9-18(10-8-16)24(2)3/h7-14H,6,15H2,1-5H3,(H,23,27). The van der Waals surface area contributed by atoms with E-state index in [4.69, 9.17) is 0 Å². The molecule has 3 rings (SSSR count). The quantitative estimate of drug-likeness (QED) is 0.628. The van der Waals surface area contributed by atoms with E-state index in [1.54, 1.807) is 24.3 Å². The number of aryl methyl sites for hydroxylation is 1. The van der Waals surface area contributed by atoms with Crippen molar-refractivity contribution in [3.8, 4) is 0 Å². The first-order chi connectivity index (χ1) is 14.1. The van der Waals surface area contributed by atoms with Gasteiger partial charge in [0.05, 0.1) is 4.90 Å².